The van der Waals surface area contributed by atoms with E-state index < -0.39 is 0 Å². The van der Waals surface area contributed by atoms with Crippen LogP contribution in [0, 0.1) is 0 Å². The van der Waals surface area contributed by atoms with Gasteiger partial charge in [-0.1, -0.05) is 62.4 Å². The first-order valence-electron chi connectivity index (χ1n) is 7.06. The van der Waals surface area contributed by atoms with Crippen LogP contribution in [0.5, 0.6) is 0 Å². The summed E-state index contributed by atoms with van der Waals surface area (Å²) in [4.78, 5) is 0. The summed E-state index contributed by atoms with van der Waals surface area (Å²) in [6.07, 6.45) is 5.67. The van der Waals surface area contributed by atoms with Crippen molar-refractivity contribution in [2.75, 3.05) is 0 Å². The molecule has 0 N–H and O–H groups in total. The first-order chi connectivity index (χ1) is 9.81. The maximum atomic E-state index is 4.08. The molecule has 0 unspecified atom stereocenters. The predicted molar refractivity (Wildman–Crippen MR) is 86.8 cm³/mol. The smallest absolute Gasteiger partial charge is 0.0568 e. The summed E-state index contributed by atoms with van der Waals surface area (Å²) in [7, 11) is 0. The van der Waals surface area contributed by atoms with E-state index in [-0.39, 0.29) is 0 Å². The Labute approximate surface area is 120 Å². The van der Waals surface area contributed by atoms with Crippen LogP contribution in [0.15, 0.2) is 58.7 Å². The van der Waals surface area contributed by atoms with Crippen LogP contribution in [-0.4, -0.2) is 12.4 Å². The molecule has 0 aliphatic carbocycles. The molecule has 2 aromatic carbocycles. The summed E-state index contributed by atoms with van der Waals surface area (Å²) < 4.78 is 0. The van der Waals surface area contributed by atoms with E-state index in [2.05, 4.69) is 72.6 Å². The van der Waals surface area contributed by atoms with E-state index in [9.17, 15) is 0 Å². The van der Waals surface area contributed by atoms with E-state index in [0.29, 0.717) is 0 Å². The molecule has 0 aliphatic rings. The van der Waals surface area contributed by atoms with E-state index >= 15 is 0 Å². The molecule has 2 heteroatoms. The zero-order chi connectivity index (χ0) is 14.2. The molecule has 0 aromatic heterocycles. The average molecular weight is 264 g/mol. The molecule has 0 fully saturated rings. The van der Waals surface area contributed by atoms with Gasteiger partial charge >= 0.3 is 0 Å². The van der Waals surface area contributed by atoms with Gasteiger partial charge in [-0.15, -0.1) is 0 Å². The molecule has 0 amide bonds. The lowest BCUT2D eigenvalue weighted by molar-refractivity contribution is 1.14. The molecule has 0 radical (unpaired) electrons. The van der Waals surface area contributed by atoms with E-state index in [1.807, 2.05) is 0 Å². The van der Waals surface area contributed by atoms with E-state index in [0.717, 1.165) is 24.0 Å². The SMILES string of the molecule is CCc1ccc(/C=N\N=C\c2ccc(CC)cc2)cc1. The highest BCUT2D eigenvalue weighted by molar-refractivity contribution is 5.82. The molecule has 0 saturated carbocycles. The Hall–Kier alpha value is -2.22. The second-order valence-corrected chi connectivity index (χ2v) is 4.68. The highest BCUT2D eigenvalue weighted by atomic mass is 15.2. The Balaban J connectivity index is 1.95. The fraction of sp³-hybridized carbons (Fsp3) is 0.222. The zero-order valence-electron chi connectivity index (χ0n) is 12.1. The minimum atomic E-state index is 1.06. The van der Waals surface area contributed by atoms with Gasteiger partial charge in [0.15, 0.2) is 0 Å². The maximum absolute atomic E-state index is 4.08. The second kappa shape index (κ2) is 7.39. The maximum Gasteiger partial charge on any atom is 0.0568 e. The number of nitrogens with zero attached hydrogens (tertiary/aromatic N) is 2. The van der Waals surface area contributed by atoms with Gasteiger partial charge in [0.05, 0.1) is 12.4 Å². The minimum absolute atomic E-state index is 1.06. The summed E-state index contributed by atoms with van der Waals surface area (Å²) in [5, 5.41) is 8.16. The Morgan fingerprint density at radius 2 is 1.00 bits per heavy atom. The Bertz CT molecular complexity index is 522. The topological polar surface area (TPSA) is 24.7 Å². The number of benzene rings is 2. The van der Waals surface area contributed by atoms with Crippen LogP contribution >= 0.6 is 0 Å². The molecule has 0 bridgehead atoms. The molecule has 0 heterocycles. The van der Waals surface area contributed by atoms with Crippen LogP contribution < -0.4 is 0 Å². The fourth-order valence-corrected chi connectivity index (χ4v) is 1.88. The number of hydrogen-bond acceptors (Lipinski definition) is 2. The molecule has 2 aromatic rings. The lowest BCUT2D eigenvalue weighted by Gasteiger charge is -1.96. The van der Waals surface area contributed by atoms with Crippen molar-refractivity contribution in [2.45, 2.75) is 26.7 Å². The van der Waals surface area contributed by atoms with Crippen molar-refractivity contribution in [3.8, 4) is 0 Å². The predicted octanol–water partition coefficient (Wildman–Crippen LogP) is 4.26. The Morgan fingerprint density at radius 1 is 0.650 bits per heavy atom. The Kier molecular flexibility index (Phi) is 5.24. The van der Waals surface area contributed by atoms with E-state index in [4.69, 9.17) is 0 Å². The normalized spacial score (nSPS) is 11.5. The van der Waals surface area contributed by atoms with Gasteiger partial charge in [-0.3, -0.25) is 0 Å². The molecular weight excluding hydrogens is 244 g/mol. The third kappa shape index (κ3) is 4.16. The first kappa shape index (κ1) is 14.2. The monoisotopic (exact) mass is 264 g/mol. The van der Waals surface area contributed by atoms with Gasteiger partial charge in [0, 0.05) is 0 Å². The molecule has 102 valence electrons. The molecule has 20 heavy (non-hydrogen) atoms. The van der Waals surface area contributed by atoms with Crippen molar-refractivity contribution < 1.29 is 0 Å². The molecular formula is C18H20N2. The second-order valence-electron chi connectivity index (χ2n) is 4.68. The van der Waals surface area contributed by atoms with Crippen LogP contribution in [0.3, 0.4) is 0 Å². The van der Waals surface area contributed by atoms with Gasteiger partial charge in [0.2, 0.25) is 0 Å². The molecule has 2 rings (SSSR count). The highest BCUT2D eigenvalue weighted by Crippen LogP contribution is 2.04. The fourth-order valence-electron chi connectivity index (χ4n) is 1.88. The van der Waals surface area contributed by atoms with Gasteiger partial charge in [-0.05, 0) is 35.1 Å². The lowest BCUT2D eigenvalue weighted by Crippen LogP contribution is -1.84. The highest BCUT2D eigenvalue weighted by Gasteiger charge is 1.90. The van der Waals surface area contributed by atoms with Gasteiger partial charge in [-0.25, -0.2) is 0 Å². The van der Waals surface area contributed by atoms with Crippen molar-refractivity contribution in [2.24, 2.45) is 10.2 Å². The van der Waals surface area contributed by atoms with Crippen LogP contribution in [0.1, 0.15) is 36.1 Å². The molecule has 0 spiro atoms. The summed E-state index contributed by atoms with van der Waals surface area (Å²) in [6.45, 7) is 4.30. The molecule has 2 nitrogen and oxygen atoms in total. The molecule has 0 aliphatic heterocycles. The van der Waals surface area contributed by atoms with Crippen LogP contribution in [0.25, 0.3) is 0 Å². The van der Waals surface area contributed by atoms with Crippen molar-refractivity contribution in [1.82, 2.24) is 0 Å². The van der Waals surface area contributed by atoms with Crippen LogP contribution in [-0.2, 0) is 12.8 Å². The lowest BCUT2D eigenvalue weighted by atomic mass is 10.1. The van der Waals surface area contributed by atoms with Gasteiger partial charge in [-0.2, -0.15) is 10.2 Å². The standard InChI is InChI=1S/C18H20N2/c1-3-15-5-9-17(10-6-15)13-19-20-14-18-11-7-16(4-2)8-12-18/h5-14H,3-4H2,1-2H3/b19-13-,20-14+. The van der Waals surface area contributed by atoms with Gasteiger partial charge < -0.3 is 0 Å². The van der Waals surface area contributed by atoms with Crippen molar-refractivity contribution in [3.05, 3.63) is 70.8 Å². The van der Waals surface area contributed by atoms with Crippen molar-refractivity contribution in [3.63, 3.8) is 0 Å². The first-order valence-corrected chi connectivity index (χ1v) is 7.06. The van der Waals surface area contributed by atoms with E-state index in [1.54, 1.807) is 12.4 Å². The number of hydrogen-bond donors (Lipinski definition) is 0. The van der Waals surface area contributed by atoms with Crippen molar-refractivity contribution in [1.29, 1.82) is 0 Å². The summed E-state index contributed by atoms with van der Waals surface area (Å²) >= 11 is 0. The largest absolute Gasteiger partial charge is 0.159 e. The Morgan fingerprint density at radius 3 is 1.30 bits per heavy atom. The van der Waals surface area contributed by atoms with Crippen molar-refractivity contribution >= 4 is 12.4 Å². The van der Waals surface area contributed by atoms with Crippen LogP contribution in [0.4, 0.5) is 0 Å². The average Bonchev–Trinajstić information content (AvgIpc) is 2.53. The minimum Gasteiger partial charge on any atom is -0.159 e. The summed E-state index contributed by atoms with van der Waals surface area (Å²) in [6, 6.07) is 16.7. The third-order valence-electron chi connectivity index (χ3n) is 3.26. The molecule has 0 saturated heterocycles. The quantitative estimate of drug-likeness (QED) is 0.569. The number of rotatable bonds is 5. The summed E-state index contributed by atoms with van der Waals surface area (Å²) in [5.74, 6) is 0. The number of aryl methyl sites for hydroxylation is 2. The van der Waals surface area contributed by atoms with Gasteiger partial charge in [0.25, 0.3) is 0 Å². The summed E-state index contributed by atoms with van der Waals surface area (Å²) in [5.41, 5.74) is 4.81. The molecule has 0 atom stereocenters. The zero-order valence-corrected chi connectivity index (χ0v) is 12.1. The van der Waals surface area contributed by atoms with Crippen LogP contribution in [0.2, 0.25) is 0 Å². The van der Waals surface area contributed by atoms with Gasteiger partial charge in [0.1, 0.15) is 0 Å². The van der Waals surface area contributed by atoms with E-state index in [1.165, 1.54) is 11.1 Å². The third-order valence-corrected chi connectivity index (χ3v) is 3.26.